The van der Waals surface area contributed by atoms with Crippen molar-refractivity contribution >= 4 is 46.3 Å². The predicted octanol–water partition coefficient (Wildman–Crippen LogP) is 4.98. The van der Waals surface area contributed by atoms with Crippen LogP contribution in [0.15, 0.2) is 42.6 Å². The van der Waals surface area contributed by atoms with E-state index >= 15 is 0 Å². The number of methoxy groups -OCH3 is 1. The van der Waals surface area contributed by atoms with E-state index in [0.717, 1.165) is 16.9 Å². The number of anilines is 4. The Morgan fingerprint density at radius 3 is 2.60 bits per heavy atom. The van der Waals surface area contributed by atoms with Crippen LogP contribution in [0.2, 0.25) is 10.0 Å². The lowest BCUT2D eigenvalue weighted by Crippen LogP contribution is -2.03. The molecule has 0 saturated carbocycles. The number of halogens is 2. The zero-order valence-corrected chi connectivity index (χ0v) is 15.1. The third-order valence-electron chi connectivity index (χ3n) is 3.42. The SMILES string of the molecule is COc1ccc(Nc2cnnc(Nc3ccc(Cl)cc3C)n2)cc1Cl. The second-order valence-corrected chi connectivity index (χ2v) is 6.07. The summed E-state index contributed by atoms with van der Waals surface area (Å²) in [6, 6.07) is 10.9. The lowest BCUT2D eigenvalue weighted by molar-refractivity contribution is 0.415. The maximum Gasteiger partial charge on any atom is 0.249 e. The van der Waals surface area contributed by atoms with Gasteiger partial charge in [-0.15, -0.1) is 5.10 Å². The molecule has 0 unspecified atom stereocenters. The predicted molar refractivity (Wildman–Crippen MR) is 101 cm³/mol. The summed E-state index contributed by atoms with van der Waals surface area (Å²) < 4.78 is 5.14. The highest BCUT2D eigenvalue weighted by Crippen LogP contribution is 2.28. The normalized spacial score (nSPS) is 10.4. The lowest BCUT2D eigenvalue weighted by Gasteiger charge is -2.10. The highest BCUT2D eigenvalue weighted by Gasteiger charge is 2.06. The first-order chi connectivity index (χ1) is 12.0. The second kappa shape index (κ2) is 7.55. The molecule has 0 amide bonds. The molecule has 0 aliphatic rings. The van der Waals surface area contributed by atoms with Gasteiger partial charge >= 0.3 is 0 Å². The number of rotatable bonds is 5. The molecule has 6 nitrogen and oxygen atoms in total. The molecule has 0 spiro atoms. The van der Waals surface area contributed by atoms with Gasteiger partial charge in [-0.3, -0.25) is 0 Å². The maximum atomic E-state index is 6.13. The van der Waals surface area contributed by atoms with Gasteiger partial charge in [-0.05, 0) is 48.9 Å². The van der Waals surface area contributed by atoms with Crippen molar-refractivity contribution < 1.29 is 4.74 Å². The molecular formula is C17H15Cl2N5O. The van der Waals surface area contributed by atoms with Gasteiger partial charge in [0.05, 0.1) is 18.3 Å². The second-order valence-electron chi connectivity index (χ2n) is 5.22. The molecule has 0 bridgehead atoms. The van der Waals surface area contributed by atoms with Crippen molar-refractivity contribution in [3.05, 3.63) is 58.2 Å². The molecule has 128 valence electrons. The van der Waals surface area contributed by atoms with Gasteiger partial charge in [0.2, 0.25) is 5.95 Å². The van der Waals surface area contributed by atoms with Crippen LogP contribution in [0.1, 0.15) is 5.56 Å². The Morgan fingerprint density at radius 1 is 1.04 bits per heavy atom. The number of aromatic nitrogens is 3. The summed E-state index contributed by atoms with van der Waals surface area (Å²) >= 11 is 12.1. The summed E-state index contributed by atoms with van der Waals surface area (Å²) in [6.45, 7) is 1.95. The summed E-state index contributed by atoms with van der Waals surface area (Å²) in [5.41, 5.74) is 2.60. The highest BCUT2D eigenvalue weighted by molar-refractivity contribution is 6.32. The van der Waals surface area contributed by atoms with E-state index in [1.54, 1.807) is 25.3 Å². The lowest BCUT2D eigenvalue weighted by atomic mass is 10.2. The molecular weight excluding hydrogens is 361 g/mol. The summed E-state index contributed by atoms with van der Waals surface area (Å²) in [4.78, 5) is 4.40. The van der Waals surface area contributed by atoms with Gasteiger partial charge in [0.1, 0.15) is 5.75 Å². The van der Waals surface area contributed by atoms with Crippen molar-refractivity contribution in [3.63, 3.8) is 0 Å². The Morgan fingerprint density at radius 2 is 1.88 bits per heavy atom. The van der Waals surface area contributed by atoms with Crippen LogP contribution in [0, 0.1) is 6.92 Å². The van der Waals surface area contributed by atoms with Crippen molar-refractivity contribution in [3.8, 4) is 5.75 Å². The topological polar surface area (TPSA) is 72.0 Å². The Bertz CT molecular complexity index is 904. The third-order valence-corrected chi connectivity index (χ3v) is 3.95. The summed E-state index contributed by atoms with van der Waals surface area (Å²) in [5.74, 6) is 1.51. The van der Waals surface area contributed by atoms with E-state index in [-0.39, 0.29) is 0 Å². The molecule has 2 N–H and O–H groups in total. The van der Waals surface area contributed by atoms with Crippen LogP contribution in [0.5, 0.6) is 5.75 Å². The summed E-state index contributed by atoms with van der Waals surface area (Å²) in [5, 5.41) is 15.4. The molecule has 0 aliphatic heterocycles. The fourth-order valence-corrected chi connectivity index (χ4v) is 2.68. The van der Waals surface area contributed by atoms with E-state index in [1.165, 1.54) is 6.20 Å². The minimum absolute atomic E-state index is 0.370. The minimum atomic E-state index is 0.370. The summed E-state index contributed by atoms with van der Waals surface area (Å²) in [7, 11) is 1.57. The van der Waals surface area contributed by atoms with Crippen LogP contribution >= 0.6 is 23.2 Å². The van der Waals surface area contributed by atoms with Crippen LogP contribution in [-0.2, 0) is 0 Å². The van der Waals surface area contributed by atoms with E-state index < -0.39 is 0 Å². The molecule has 0 radical (unpaired) electrons. The fourth-order valence-electron chi connectivity index (χ4n) is 2.20. The van der Waals surface area contributed by atoms with E-state index in [9.17, 15) is 0 Å². The number of nitrogens with zero attached hydrogens (tertiary/aromatic N) is 3. The van der Waals surface area contributed by atoms with Gasteiger partial charge < -0.3 is 15.4 Å². The molecule has 25 heavy (non-hydrogen) atoms. The van der Waals surface area contributed by atoms with E-state index in [1.807, 2.05) is 25.1 Å². The largest absolute Gasteiger partial charge is 0.495 e. The molecule has 1 aromatic heterocycles. The van der Waals surface area contributed by atoms with Crippen LogP contribution in [0.4, 0.5) is 23.1 Å². The molecule has 8 heteroatoms. The number of hydrogen-bond acceptors (Lipinski definition) is 6. The number of ether oxygens (including phenoxy) is 1. The van der Waals surface area contributed by atoms with Crippen molar-refractivity contribution in [1.29, 1.82) is 0 Å². The van der Waals surface area contributed by atoms with Crippen LogP contribution in [-0.4, -0.2) is 22.3 Å². The zero-order valence-electron chi connectivity index (χ0n) is 13.5. The first kappa shape index (κ1) is 17.3. The maximum absolute atomic E-state index is 6.13. The van der Waals surface area contributed by atoms with Gasteiger partial charge in [-0.2, -0.15) is 10.1 Å². The Hall–Kier alpha value is -2.57. The Balaban J connectivity index is 1.78. The highest BCUT2D eigenvalue weighted by atomic mass is 35.5. The van der Waals surface area contributed by atoms with Gasteiger partial charge in [0, 0.05) is 16.4 Å². The molecule has 1 heterocycles. The van der Waals surface area contributed by atoms with E-state index in [0.29, 0.717) is 27.6 Å². The van der Waals surface area contributed by atoms with E-state index in [2.05, 4.69) is 25.8 Å². The van der Waals surface area contributed by atoms with E-state index in [4.69, 9.17) is 27.9 Å². The van der Waals surface area contributed by atoms with Gasteiger partial charge in [-0.1, -0.05) is 23.2 Å². The zero-order chi connectivity index (χ0) is 17.8. The van der Waals surface area contributed by atoms with Crippen molar-refractivity contribution in [2.24, 2.45) is 0 Å². The first-order valence-electron chi connectivity index (χ1n) is 7.38. The monoisotopic (exact) mass is 375 g/mol. The van der Waals surface area contributed by atoms with Crippen molar-refractivity contribution in [2.75, 3.05) is 17.7 Å². The third kappa shape index (κ3) is 4.29. The average Bonchev–Trinajstić information content (AvgIpc) is 2.58. The van der Waals surface area contributed by atoms with Gasteiger partial charge in [0.15, 0.2) is 5.82 Å². The Kier molecular flexibility index (Phi) is 5.21. The van der Waals surface area contributed by atoms with Crippen molar-refractivity contribution in [2.45, 2.75) is 6.92 Å². The smallest absolute Gasteiger partial charge is 0.249 e. The number of nitrogens with one attached hydrogen (secondary N) is 2. The fraction of sp³-hybridized carbons (Fsp3) is 0.118. The van der Waals surface area contributed by atoms with Gasteiger partial charge in [0.25, 0.3) is 0 Å². The van der Waals surface area contributed by atoms with Gasteiger partial charge in [-0.25, -0.2) is 0 Å². The molecule has 3 rings (SSSR count). The number of hydrogen-bond donors (Lipinski definition) is 2. The minimum Gasteiger partial charge on any atom is -0.495 e. The van der Waals surface area contributed by atoms with Crippen LogP contribution in [0.3, 0.4) is 0 Å². The Labute approximate surface area is 155 Å². The molecule has 0 saturated heterocycles. The van der Waals surface area contributed by atoms with Crippen molar-refractivity contribution in [1.82, 2.24) is 15.2 Å². The number of benzene rings is 2. The summed E-state index contributed by atoms with van der Waals surface area (Å²) in [6.07, 6.45) is 1.53. The average molecular weight is 376 g/mol. The molecule has 3 aromatic rings. The molecule has 0 aliphatic carbocycles. The first-order valence-corrected chi connectivity index (χ1v) is 8.14. The molecule has 0 atom stereocenters. The quantitative estimate of drug-likeness (QED) is 0.654. The van der Waals surface area contributed by atoms with Crippen LogP contribution in [0.25, 0.3) is 0 Å². The molecule has 2 aromatic carbocycles. The van der Waals surface area contributed by atoms with Crippen LogP contribution < -0.4 is 15.4 Å². The number of aryl methyl sites for hydroxylation is 1. The standard InChI is InChI=1S/C17H15Cl2N5O/c1-10-7-11(18)3-5-14(10)22-17-23-16(9-20-24-17)21-12-4-6-15(25-2)13(19)8-12/h3-9H,1-2H3,(H2,21,22,23,24). The molecule has 0 fully saturated rings.